The van der Waals surface area contributed by atoms with Crippen LogP contribution in [0.4, 0.5) is 5.69 Å². The Kier molecular flexibility index (Phi) is 4.62. The van der Waals surface area contributed by atoms with Gasteiger partial charge >= 0.3 is 5.97 Å². The monoisotopic (exact) mass is 241 g/mol. The fourth-order valence-corrected chi connectivity index (χ4v) is 1.63. The average Bonchev–Trinajstić information content (AvgIpc) is 2.23. The highest BCUT2D eigenvalue weighted by Gasteiger charge is 2.15. The van der Waals surface area contributed by atoms with Gasteiger partial charge in [0, 0.05) is 0 Å². The molecule has 1 atom stereocenters. The summed E-state index contributed by atoms with van der Waals surface area (Å²) in [7, 11) is 0. The van der Waals surface area contributed by atoms with Crippen molar-refractivity contribution in [1.29, 1.82) is 0 Å². The van der Waals surface area contributed by atoms with E-state index in [1.54, 1.807) is 19.9 Å². The lowest BCUT2D eigenvalue weighted by atomic mass is 10.2. The number of halogens is 1. The van der Waals surface area contributed by atoms with E-state index in [2.05, 4.69) is 5.32 Å². The number of hydrogen-bond acceptors (Lipinski definition) is 3. The molecule has 0 aliphatic carbocycles. The Morgan fingerprint density at radius 2 is 2.25 bits per heavy atom. The summed E-state index contributed by atoms with van der Waals surface area (Å²) in [5.41, 5.74) is 1.79. The van der Waals surface area contributed by atoms with Crippen molar-refractivity contribution in [3.8, 4) is 0 Å². The summed E-state index contributed by atoms with van der Waals surface area (Å²) < 4.78 is 4.91. The second kappa shape index (κ2) is 5.75. The van der Waals surface area contributed by atoms with Gasteiger partial charge in [0.2, 0.25) is 0 Å². The molecule has 1 unspecified atom stereocenters. The number of aryl methyl sites for hydroxylation is 1. The van der Waals surface area contributed by atoms with Crippen LogP contribution < -0.4 is 5.32 Å². The molecule has 16 heavy (non-hydrogen) atoms. The van der Waals surface area contributed by atoms with Crippen molar-refractivity contribution in [1.82, 2.24) is 0 Å². The van der Waals surface area contributed by atoms with Crippen LogP contribution in [0.3, 0.4) is 0 Å². The van der Waals surface area contributed by atoms with Crippen molar-refractivity contribution >= 4 is 23.3 Å². The smallest absolute Gasteiger partial charge is 0.328 e. The molecule has 0 aliphatic heterocycles. The van der Waals surface area contributed by atoms with Gasteiger partial charge in [-0.15, -0.1) is 0 Å². The van der Waals surface area contributed by atoms with Gasteiger partial charge < -0.3 is 10.1 Å². The van der Waals surface area contributed by atoms with Gasteiger partial charge in [-0.2, -0.15) is 0 Å². The zero-order valence-corrected chi connectivity index (χ0v) is 10.5. The van der Waals surface area contributed by atoms with Crippen molar-refractivity contribution in [3.63, 3.8) is 0 Å². The second-order valence-corrected chi connectivity index (χ2v) is 3.96. The van der Waals surface area contributed by atoms with Gasteiger partial charge in [-0.1, -0.05) is 23.7 Å². The summed E-state index contributed by atoms with van der Waals surface area (Å²) >= 11 is 6.04. The molecule has 0 fully saturated rings. The maximum Gasteiger partial charge on any atom is 0.328 e. The van der Waals surface area contributed by atoms with E-state index in [1.807, 2.05) is 19.1 Å². The van der Waals surface area contributed by atoms with Crippen molar-refractivity contribution in [2.45, 2.75) is 26.8 Å². The number of ether oxygens (including phenoxy) is 1. The SMILES string of the molecule is CCOC(=O)C(C)Nc1c(C)cccc1Cl. The van der Waals surface area contributed by atoms with Crippen LogP contribution in [0.1, 0.15) is 19.4 Å². The molecule has 0 saturated heterocycles. The Morgan fingerprint density at radius 1 is 1.56 bits per heavy atom. The zero-order chi connectivity index (χ0) is 12.1. The van der Waals surface area contributed by atoms with Gasteiger partial charge in [-0.3, -0.25) is 0 Å². The van der Waals surface area contributed by atoms with Gasteiger partial charge in [0.05, 0.1) is 17.3 Å². The summed E-state index contributed by atoms with van der Waals surface area (Å²) in [6, 6.07) is 5.19. The molecule has 1 rings (SSSR count). The van der Waals surface area contributed by atoms with Crippen molar-refractivity contribution in [3.05, 3.63) is 28.8 Å². The summed E-state index contributed by atoms with van der Waals surface area (Å²) in [6.45, 7) is 5.85. The van der Waals surface area contributed by atoms with E-state index >= 15 is 0 Å². The Morgan fingerprint density at radius 3 is 2.81 bits per heavy atom. The molecule has 0 aliphatic rings. The van der Waals surface area contributed by atoms with Gasteiger partial charge in [0.1, 0.15) is 6.04 Å². The van der Waals surface area contributed by atoms with Crippen LogP contribution in [0.25, 0.3) is 0 Å². The molecule has 0 radical (unpaired) electrons. The van der Waals surface area contributed by atoms with Gasteiger partial charge in [0.15, 0.2) is 0 Å². The third kappa shape index (κ3) is 3.14. The molecule has 0 heterocycles. The fourth-order valence-electron chi connectivity index (χ4n) is 1.36. The number of carbonyl (C=O) groups excluding carboxylic acids is 1. The van der Waals surface area contributed by atoms with Crippen LogP contribution in [0.5, 0.6) is 0 Å². The number of anilines is 1. The standard InChI is InChI=1S/C12H16ClNO2/c1-4-16-12(15)9(3)14-11-8(2)6-5-7-10(11)13/h5-7,9,14H,4H2,1-3H3. The molecule has 88 valence electrons. The maximum absolute atomic E-state index is 11.4. The number of benzene rings is 1. The first-order valence-corrected chi connectivity index (χ1v) is 5.62. The Bertz CT molecular complexity index is 359. The molecule has 1 aromatic rings. The minimum absolute atomic E-state index is 0.276. The van der Waals surface area contributed by atoms with E-state index in [0.29, 0.717) is 11.6 Å². The number of nitrogens with one attached hydrogen (secondary N) is 1. The molecular weight excluding hydrogens is 226 g/mol. The third-order valence-electron chi connectivity index (χ3n) is 2.22. The van der Waals surface area contributed by atoms with Crippen LogP contribution in [0.2, 0.25) is 5.02 Å². The molecule has 0 amide bonds. The number of carbonyl (C=O) groups is 1. The van der Waals surface area contributed by atoms with Crippen molar-refractivity contribution in [2.24, 2.45) is 0 Å². The predicted octanol–water partition coefficient (Wildman–Crippen LogP) is 3.01. The van der Waals surface area contributed by atoms with Gasteiger partial charge in [-0.05, 0) is 32.4 Å². The molecule has 0 saturated carbocycles. The van der Waals surface area contributed by atoms with E-state index < -0.39 is 6.04 Å². The average molecular weight is 242 g/mol. The van der Waals surface area contributed by atoms with Crippen molar-refractivity contribution in [2.75, 3.05) is 11.9 Å². The van der Waals surface area contributed by atoms with Crippen LogP contribution in [-0.4, -0.2) is 18.6 Å². The van der Waals surface area contributed by atoms with E-state index in [-0.39, 0.29) is 5.97 Å². The van der Waals surface area contributed by atoms with Crippen molar-refractivity contribution < 1.29 is 9.53 Å². The molecule has 0 bridgehead atoms. The summed E-state index contributed by atoms with van der Waals surface area (Å²) in [5.74, 6) is -0.276. The number of hydrogen-bond donors (Lipinski definition) is 1. The first-order chi connectivity index (χ1) is 7.56. The molecular formula is C12H16ClNO2. The topological polar surface area (TPSA) is 38.3 Å². The predicted molar refractivity (Wildman–Crippen MR) is 65.9 cm³/mol. The van der Waals surface area contributed by atoms with E-state index in [9.17, 15) is 4.79 Å². The van der Waals surface area contributed by atoms with Crippen LogP contribution >= 0.6 is 11.6 Å². The van der Waals surface area contributed by atoms with Gasteiger partial charge in [-0.25, -0.2) is 4.79 Å². The number of rotatable bonds is 4. The van der Waals surface area contributed by atoms with Crippen LogP contribution in [0, 0.1) is 6.92 Å². The molecule has 1 aromatic carbocycles. The largest absolute Gasteiger partial charge is 0.464 e. The van der Waals surface area contributed by atoms with Gasteiger partial charge in [0.25, 0.3) is 0 Å². The Balaban J connectivity index is 2.76. The maximum atomic E-state index is 11.4. The Labute approximate surface area is 101 Å². The van der Waals surface area contributed by atoms with E-state index in [0.717, 1.165) is 11.3 Å². The lowest BCUT2D eigenvalue weighted by molar-refractivity contribution is -0.143. The highest BCUT2D eigenvalue weighted by Crippen LogP contribution is 2.25. The lowest BCUT2D eigenvalue weighted by Crippen LogP contribution is -2.28. The zero-order valence-electron chi connectivity index (χ0n) is 9.71. The summed E-state index contributed by atoms with van der Waals surface area (Å²) in [6.07, 6.45) is 0. The Hall–Kier alpha value is -1.22. The van der Waals surface area contributed by atoms with E-state index in [1.165, 1.54) is 0 Å². The highest BCUT2D eigenvalue weighted by atomic mass is 35.5. The quantitative estimate of drug-likeness (QED) is 0.824. The second-order valence-electron chi connectivity index (χ2n) is 3.55. The highest BCUT2D eigenvalue weighted by molar-refractivity contribution is 6.33. The molecule has 3 nitrogen and oxygen atoms in total. The normalized spacial score (nSPS) is 12.0. The first kappa shape index (κ1) is 12.8. The summed E-state index contributed by atoms with van der Waals surface area (Å²) in [4.78, 5) is 11.4. The molecule has 1 N–H and O–H groups in total. The lowest BCUT2D eigenvalue weighted by Gasteiger charge is -2.16. The molecule has 4 heteroatoms. The van der Waals surface area contributed by atoms with Crippen LogP contribution in [0.15, 0.2) is 18.2 Å². The van der Waals surface area contributed by atoms with Crippen LogP contribution in [-0.2, 0) is 9.53 Å². The molecule has 0 spiro atoms. The number of para-hydroxylation sites is 1. The summed E-state index contributed by atoms with van der Waals surface area (Å²) in [5, 5.41) is 3.66. The van der Waals surface area contributed by atoms with E-state index in [4.69, 9.17) is 16.3 Å². The molecule has 0 aromatic heterocycles. The fraction of sp³-hybridized carbons (Fsp3) is 0.417. The minimum atomic E-state index is -0.404. The number of esters is 1. The first-order valence-electron chi connectivity index (χ1n) is 5.24. The third-order valence-corrected chi connectivity index (χ3v) is 2.54. The minimum Gasteiger partial charge on any atom is -0.464 e.